The second-order valence-electron chi connectivity index (χ2n) is 7.14. The summed E-state index contributed by atoms with van der Waals surface area (Å²) >= 11 is 1.44. The van der Waals surface area contributed by atoms with Crippen LogP contribution in [0, 0.1) is 0 Å². The van der Waals surface area contributed by atoms with E-state index in [1.165, 1.54) is 11.3 Å². The Bertz CT molecular complexity index is 1110. The first-order valence-electron chi connectivity index (χ1n) is 9.69. The average molecular weight is 421 g/mol. The van der Waals surface area contributed by atoms with Gasteiger partial charge in [0.1, 0.15) is 0 Å². The molecule has 1 aliphatic carbocycles. The summed E-state index contributed by atoms with van der Waals surface area (Å²) in [6, 6.07) is 14.6. The zero-order chi connectivity index (χ0) is 20.5. The maximum Gasteiger partial charge on any atom is 0.257 e. The summed E-state index contributed by atoms with van der Waals surface area (Å²) < 4.78 is 10.7. The van der Waals surface area contributed by atoms with Crippen LogP contribution in [-0.4, -0.2) is 23.6 Å². The maximum absolute atomic E-state index is 12.8. The summed E-state index contributed by atoms with van der Waals surface area (Å²) in [4.78, 5) is 30.7. The Morgan fingerprint density at radius 2 is 1.93 bits per heavy atom. The normalized spacial score (nSPS) is 16.2. The van der Waals surface area contributed by atoms with Crippen LogP contribution in [0.4, 0.5) is 5.13 Å². The number of hydrogen-bond acceptors (Lipinski definition) is 6. The van der Waals surface area contributed by atoms with Gasteiger partial charge in [0, 0.05) is 17.0 Å². The number of fused-ring (bicyclic) bond motifs is 2. The van der Waals surface area contributed by atoms with E-state index in [-0.39, 0.29) is 24.5 Å². The second kappa shape index (κ2) is 7.79. The summed E-state index contributed by atoms with van der Waals surface area (Å²) in [5, 5.41) is 6.36. The van der Waals surface area contributed by atoms with Gasteiger partial charge < -0.3 is 14.8 Å². The molecule has 8 heteroatoms. The molecule has 1 atom stereocenters. The summed E-state index contributed by atoms with van der Waals surface area (Å²) in [5.74, 6) is 0.860. The lowest BCUT2D eigenvalue weighted by Crippen LogP contribution is -2.28. The molecule has 2 amide bonds. The first-order valence-corrected chi connectivity index (χ1v) is 10.5. The lowest BCUT2D eigenvalue weighted by atomic mass is 10.1. The van der Waals surface area contributed by atoms with E-state index in [4.69, 9.17) is 9.47 Å². The number of rotatable bonds is 5. The number of amides is 2. The van der Waals surface area contributed by atoms with Crippen LogP contribution in [0.3, 0.4) is 0 Å². The Morgan fingerprint density at radius 1 is 1.10 bits per heavy atom. The van der Waals surface area contributed by atoms with Gasteiger partial charge in [-0.3, -0.25) is 14.9 Å². The minimum Gasteiger partial charge on any atom is -0.454 e. The number of nitrogens with zero attached hydrogens (tertiary/aromatic N) is 1. The van der Waals surface area contributed by atoms with Gasteiger partial charge >= 0.3 is 0 Å². The third kappa shape index (κ3) is 3.61. The van der Waals surface area contributed by atoms with E-state index in [9.17, 15) is 9.59 Å². The van der Waals surface area contributed by atoms with Gasteiger partial charge in [0.05, 0.1) is 11.6 Å². The fraction of sp³-hybridized carbons (Fsp3) is 0.227. The van der Waals surface area contributed by atoms with E-state index in [0.29, 0.717) is 23.0 Å². The van der Waals surface area contributed by atoms with Gasteiger partial charge in [0.2, 0.25) is 12.7 Å². The molecule has 2 aromatic carbocycles. The molecule has 2 aliphatic rings. The van der Waals surface area contributed by atoms with Gasteiger partial charge in [-0.2, -0.15) is 0 Å². The first kappa shape index (κ1) is 18.6. The van der Waals surface area contributed by atoms with Gasteiger partial charge in [-0.25, -0.2) is 4.98 Å². The zero-order valence-electron chi connectivity index (χ0n) is 16.0. The van der Waals surface area contributed by atoms with Gasteiger partial charge in [-0.15, -0.1) is 11.3 Å². The van der Waals surface area contributed by atoms with Crippen molar-refractivity contribution in [2.24, 2.45) is 0 Å². The van der Waals surface area contributed by atoms with Crippen molar-refractivity contribution in [1.29, 1.82) is 0 Å². The number of nitrogens with one attached hydrogen (secondary N) is 2. The maximum atomic E-state index is 12.8. The van der Waals surface area contributed by atoms with Gasteiger partial charge in [0.25, 0.3) is 5.91 Å². The Hall–Kier alpha value is -3.39. The molecule has 30 heavy (non-hydrogen) atoms. The largest absolute Gasteiger partial charge is 0.454 e. The molecule has 0 saturated heterocycles. The van der Waals surface area contributed by atoms with Crippen LogP contribution in [0.2, 0.25) is 0 Å². The smallest absolute Gasteiger partial charge is 0.257 e. The van der Waals surface area contributed by atoms with Crippen LogP contribution in [0.5, 0.6) is 11.5 Å². The van der Waals surface area contributed by atoms with Crippen molar-refractivity contribution in [1.82, 2.24) is 10.3 Å². The summed E-state index contributed by atoms with van der Waals surface area (Å²) in [5.41, 5.74) is 2.29. The number of aryl methyl sites for hydroxylation is 1. The molecule has 0 fully saturated rings. The van der Waals surface area contributed by atoms with Crippen molar-refractivity contribution < 1.29 is 19.1 Å². The average Bonchev–Trinajstić information content (AvgIpc) is 3.47. The van der Waals surface area contributed by atoms with Crippen molar-refractivity contribution in [3.63, 3.8) is 0 Å². The van der Waals surface area contributed by atoms with E-state index in [2.05, 4.69) is 15.6 Å². The third-order valence-corrected chi connectivity index (χ3v) is 6.24. The predicted molar refractivity (Wildman–Crippen MR) is 112 cm³/mol. The predicted octanol–water partition coefficient (Wildman–Crippen LogP) is 3.47. The lowest BCUT2D eigenvalue weighted by Gasteiger charge is -2.11. The first-order chi connectivity index (χ1) is 14.7. The van der Waals surface area contributed by atoms with E-state index < -0.39 is 0 Å². The fourth-order valence-corrected chi connectivity index (χ4v) is 4.69. The van der Waals surface area contributed by atoms with Crippen LogP contribution in [0.1, 0.15) is 38.8 Å². The molecular formula is C22H19N3O4S. The monoisotopic (exact) mass is 421 g/mol. The molecule has 0 saturated carbocycles. The highest BCUT2D eigenvalue weighted by molar-refractivity contribution is 7.16. The molecule has 0 radical (unpaired) electrons. The van der Waals surface area contributed by atoms with Gasteiger partial charge in [-0.1, -0.05) is 24.3 Å². The van der Waals surface area contributed by atoms with Crippen LogP contribution < -0.4 is 20.1 Å². The van der Waals surface area contributed by atoms with E-state index in [1.54, 1.807) is 12.1 Å². The minimum atomic E-state index is -0.298. The number of carbonyl (C=O) groups excluding carboxylic acids is 2. The fourth-order valence-electron chi connectivity index (χ4n) is 3.66. The molecule has 2 N–H and O–H groups in total. The molecule has 0 spiro atoms. The lowest BCUT2D eigenvalue weighted by molar-refractivity contribution is -0.122. The number of thiazole rings is 1. The topological polar surface area (TPSA) is 89.6 Å². The van der Waals surface area contributed by atoms with Crippen LogP contribution in [0.25, 0.3) is 0 Å². The molecule has 2 heterocycles. The minimum absolute atomic E-state index is 0.0577. The second-order valence-corrected chi connectivity index (χ2v) is 8.23. The molecular weight excluding hydrogens is 402 g/mol. The Labute approximate surface area is 177 Å². The van der Waals surface area contributed by atoms with E-state index in [0.717, 1.165) is 34.7 Å². The van der Waals surface area contributed by atoms with E-state index in [1.807, 2.05) is 36.4 Å². The Kier molecular flexibility index (Phi) is 4.84. The van der Waals surface area contributed by atoms with Gasteiger partial charge in [0.15, 0.2) is 16.6 Å². The number of aromatic nitrogens is 1. The highest BCUT2D eigenvalue weighted by Crippen LogP contribution is 2.38. The number of anilines is 1. The summed E-state index contributed by atoms with van der Waals surface area (Å²) in [7, 11) is 0. The van der Waals surface area contributed by atoms with Crippen molar-refractivity contribution in [3.8, 4) is 11.5 Å². The molecule has 3 aromatic rings. The molecule has 152 valence electrons. The van der Waals surface area contributed by atoms with Crippen molar-refractivity contribution >= 4 is 28.3 Å². The summed E-state index contributed by atoms with van der Waals surface area (Å²) in [6.45, 7) is 0.631. The standard InChI is InChI=1S/C22H19N3O4S/c26-20(14-4-2-1-3-5-14)25-22-24-19-15(7-9-18(19)30-22)21(27)23-11-13-6-8-16-17(10-13)29-12-28-16/h1-6,8,10,15H,7,9,11-12H2,(H,23,27)(H,24,25,26)/t15-/m0/s1. The highest BCUT2D eigenvalue weighted by Gasteiger charge is 2.32. The van der Waals surface area contributed by atoms with Gasteiger partial charge in [-0.05, 0) is 42.7 Å². The number of benzene rings is 2. The SMILES string of the molecule is O=C(Nc1nc2c(s1)CC[C@@H]2C(=O)NCc1ccc2c(c1)OCO2)c1ccccc1. The molecule has 1 aliphatic heterocycles. The van der Waals surface area contributed by atoms with Crippen LogP contribution in [0.15, 0.2) is 48.5 Å². The van der Waals surface area contributed by atoms with Crippen molar-refractivity contribution in [2.75, 3.05) is 12.1 Å². The quantitative estimate of drug-likeness (QED) is 0.659. The molecule has 0 unspecified atom stereocenters. The number of ether oxygens (including phenoxy) is 2. The molecule has 0 bridgehead atoms. The molecule has 7 nitrogen and oxygen atoms in total. The van der Waals surface area contributed by atoms with Crippen LogP contribution in [-0.2, 0) is 17.8 Å². The summed E-state index contributed by atoms with van der Waals surface area (Å²) in [6.07, 6.45) is 1.52. The van der Waals surface area contributed by atoms with Crippen molar-refractivity contribution in [3.05, 3.63) is 70.2 Å². The molecule has 1 aromatic heterocycles. The zero-order valence-corrected chi connectivity index (χ0v) is 16.8. The van der Waals surface area contributed by atoms with Crippen LogP contribution >= 0.6 is 11.3 Å². The molecule has 5 rings (SSSR count). The van der Waals surface area contributed by atoms with Crippen molar-refractivity contribution in [2.45, 2.75) is 25.3 Å². The highest BCUT2D eigenvalue weighted by atomic mass is 32.1. The van der Waals surface area contributed by atoms with E-state index >= 15 is 0 Å². The Morgan fingerprint density at radius 3 is 2.80 bits per heavy atom. The number of carbonyl (C=O) groups is 2. The number of hydrogen-bond donors (Lipinski definition) is 2. The Balaban J connectivity index is 1.23. The third-order valence-electron chi connectivity index (χ3n) is 5.19.